The Balaban J connectivity index is 0.00000480. The van der Waals surface area contributed by atoms with Crippen molar-refractivity contribution >= 4 is 40.0 Å². The SMILES string of the molecule is CN=C(NCCCc1cccc(OC)c1)N1CCN(S(=O)(=O)CCOC(C)C)CC1.I. The molecule has 0 spiro atoms. The molecule has 0 radical (unpaired) electrons. The summed E-state index contributed by atoms with van der Waals surface area (Å²) >= 11 is 0. The fourth-order valence-electron chi connectivity index (χ4n) is 3.35. The van der Waals surface area contributed by atoms with Gasteiger partial charge in [0, 0.05) is 39.8 Å². The van der Waals surface area contributed by atoms with Crippen LogP contribution < -0.4 is 10.1 Å². The first-order chi connectivity index (χ1) is 14.4. The lowest BCUT2D eigenvalue weighted by Gasteiger charge is -2.35. The summed E-state index contributed by atoms with van der Waals surface area (Å²) in [6.45, 7) is 7.02. The number of aryl methyl sites for hydroxylation is 1. The lowest BCUT2D eigenvalue weighted by Crippen LogP contribution is -2.54. The van der Waals surface area contributed by atoms with Gasteiger partial charge in [0.2, 0.25) is 10.0 Å². The van der Waals surface area contributed by atoms with Gasteiger partial charge in [0.15, 0.2) is 5.96 Å². The average Bonchev–Trinajstić information content (AvgIpc) is 2.73. The smallest absolute Gasteiger partial charge is 0.216 e. The number of benzene rings is 1. The van der Waals surface area contributed by atoms with Gasteiger partial charge in [0.25, 0.3) is 0 Å². The summed E-state index contributed by atoms with van der Waals surface area (Å²) in [5, 5.41) is 3.40. The predicted octanol–water partition coefficient (Wildman–Crippen LogP) is 2.19. The summed E-state index contributed by atoms with van der Waals surface area (Å²) in [6, 6.07) is 8.10. The molecule has 1 saturated heterocycles. The summed E-state index contributed by atoms with van der Waals surface area (Å²) in [6.07, 6.45) is 1.96. The zero-order chi connectivity index (χ0) is 22.0. The van der Waals surface area contributed by atoms with E-state index in [1.54, 1.807) is 18.5 Å². The number of rotatable bonds is 10. The third-order valence-corrected chi connectivity index (χ3v) is 6.83. The van der Waals surface area contributed by atoms with Gasteiger partial charge >= 0.3 is 0 Å². The Labute approximate surface area is 204 Å². The van der Waals surface area contributed by atoms with Crippen molar-refractivity contribution < 1.29 is 17.9 Å². The molecule has 0 amide bonds. The van der Waals surface area contributed by atoms with Gasteiger partial charge in [-0.1, -0.05) is 12.1 Å². The van der Waals surface area contributed by atoms with E-state index in [1.165, 1.54) is 5.56 Å². The van der Waals surface area contributed by atoms with Crippen LogP contribution in [0.2, 0.25) is 0 Å². The minimum Gasteiger partial charge on any atom is -0.497 e. The molecule has 0 unspecified atom stereocenters. The molecule has 0 aliphatic carbocycles. The molecule has 0 saturated carbocycles. The van der Waals surface area contributed by atoms with Crippen LogP contribution in [0, 0.1) is 0 Å². The Kier molecular flexibility index (Phi) is 12.7. The summed E-state index contributed by atoms with van der Waals surface area (Å²) in [7, 11) is 0.155. The first-order valence-electron chi connectivity index (χ1n) is 10.5. The summed E-state index contributed by atoms with van der Waals surface area (Å²) < 4.78 is 37.2. The highest BCUT2D eigenvalue weighted by Crippen LogP contribution is 2.14. The lowest BCUT2D eigenvalue weighted by molar-refractivity contribution is 0.0904. The van der Waals surface area contributed by atoms with Gasteiger partial charge in [-0.05, 0) is 44.4 Å². The quantitative estimate of drug-likeness (QED) is 0.202. The Morgan fingerprint density at radius 2 is 1.94 bits per heavy atom. The minimum atomic E-state index is -3.28. The highest BCUT2D eigenvalue weighted by atomic mass is 127. The van der Waals surface area contributed by atoms with Crippen LogP contribution in [0.1, 0.15) is 25.8 Å². The largest absolute Gasteiger partial charge is 0.497 e. The molecule has 0 aromatic heterocycles. The van der Waals surface area contributed by atoms with E-state index in [9.17, 15) is 8.42 Å². The summed E-state index contributed by atoms with van der Waals surface area (Å²) in [5.74, 6) is 1.73. The number of sulfonamides is 1. The molecule has 1 fully saturated rings. The van der Waals surface area contributed by atoms with Crippen LogP contribution in [0.4, 0.5) is 0 Å². The summed E-state index contributed by atoms with van der Waals surface area (Å²) in [5.41, 5.74) is 1.24. The number of hydrogen-bond donors (Lipinski definition) is 1. The molecule has 1 heterocycles. The topological polar surface area (TPSA) is 83.5 Å². The molecule has 1 aromatic carbocycles. The third kappa shape index (κ3) is 9.50. The second kappa shape index (κ2) is 14.1. The van der Waals surface area contributed by atoms with Crippen molar-refractivity contribution in [2.45, 2.75) is 32.8 Å². The molecule has 0 bridgehead atoms. The zero-order valence-electron chi connectivity index (χ0n) is 19.0. The first-order valence-corrected chi connectivity index (χ1v) is 12.1. The van der Waals surface area contributed by atoms with Crippen LogP contribution in [0.25, 0.3) is 0 Å². The van der Waals surface area contributed by atoms with E-state index < -0.39 is 10.0 Å². The van der Waals surface area contributed by atoms with E-state index in [4.69, 9.17) is 9.47 Å². The van der Waals surface area contributed by atoms with E-state index in [-0.39, 0.29) is 42.4 Å². The van der Waals surface area contributed by atoms with Crippen LogP contribution in [-0.4, -0.2) is 88.9 Å². The first kappa shape index (κ1) is 27.9. The Morgan fingerprint density at radius 1 is 1.23 bits per heavy atom. The van der Waals surface area contributed by atoms with E-state index in [0.29, 0.717) is 26.2 Å². The van der Waals surface area contributed by atoms with Crippen LogP contribution in [-0.2, 0) is 21.2 Å². The predicted molar refractivity (Wildman–Crippen MR) is 136 cm³/mol. The van der Waals surface area contributed by atoms with Crippen LogP contribution in [0.15, 0.2) is 29.3 Å². The molecule has 1 aliphatic rings. The number of nitrogens with zero attached hydrogens (tertiary/aromatic N) is 3. The maximum atomic E-state index is 12.5. The Bertz CT molecular complexity index is 781. The normalized spacial score (nSPS) is 15.6. The molecule has 2 rings (SSSR count). The van der Waals surface area contributed by atoms with E-state index in [0.717, 1.165) is 31.1 Å². The lowest BCUT2D eigenvalue weighted by atomic mass is 10.1. The molecule has 1 aliphatic heterocycles. The van der Waals surface area contributed by atoms with Crippen molar-refractivity contribution in [2.24, 2.45) is 4.99 Å². The van der Waals surface area contributed by atoms with Crippen molar-refractivity contribution in [3.63, 3.8) is 0 Å². The number of methoxy groups -OCH3 is 1. The zero-order valence-corrected chi connectivity index (χ0v) is 22.2. The number of piperazine rings is 1. The number of guanidine groups is 1. The standard InChI is InChI=1S/C21H36N4O4S.HI/c1-18(2)29-15-16-30(26,27)25-13-11-24(12-14-25)21(22-3)23-10-6-8-19-7-5-9-20(17-19)28-4;/h5,7,9,17-18H,6,8,10-16H2,1-4H3,(H,22,23);1H. The number of hydrogen-bond acceptors (Lipinski definition) is 5. The van der Waals surface area contributed by atoms with Crippen molar-refractivity contribution in [1.29, 1.82) is 0 Å². The van der Waals surface area contributed by atoms with Crippen molar-refractivity contribution in [1.82, 2.24) is 14.5 Å². The molecule has 31 heavy (non-hydrogen) atoms. The highest BCUT2D eigenvalue weighted by Gasteiger charge is 2.27. The molecule has 0 atom stereocenters. The molecular weight excluding hydrogens is 531 g/mol. The summed E-state index contributed by atoms with van der Waals surface area (Å²) in [4.78, 5) is 6.48. The van der Waals surface area contributed by atoms with Crippen molar-refractivity contribution in [3.8, 4) is 5.75 Å². The molecule has 1 aromatic rings. The van der Waals surface area contributed by atoms with Crippen molar-refractivity contribution in [2.75, 3.05) is 59.2 Å². The van der Waals surface area contributed by atoms with Crippen LogP contribution in [0.3, 0.4) is 0 Å². The number of aliphatic imine (C=N–C) groups is 1. The number of halogens is 1. The maximum Gasteiger partial charge on any atom is 0.216 e. The third-order valence-electron chi connectivity index (χ3n) is 5.00. The fraction of sp³-hybridized carbons (Fsp3) is 0.667. The van der Waals surface area contributed by atoms with Crippen LogP contribution >= 0.6 is 24.0 Å². The maximum absolute atomic E-state index is 12.5. The van der Waals surface area contributed by atoms with Gasteiger partial charge in [0.1, 0.15) is 5.75 Å². The van der Waals surface area contributed by atoms with Gasteiger partial charge in [0.05, 0.1) is 25.6 Å². The second-order valence-electron chi connectivity index (χ2n) is 7.55. The molecule has 1 N–H and O–H groups in total. The Morgan fingerprint density at radius 3 is 2.55 bits per heavy atom. The molecule has 10 heteroatoms. The van der Waals surface area contributed by atoms with Gasteiger partial charge < -0.3 is 19.7 Å². The molecular formula is C21H37IN4O4S. The number of nitrogens with one attached hydrogen (secondary N) is 1. The van der Waals surface area contributed by atoms with E-state index in [1.807, 2.05) is 26.0 Å². The molecule has 178 valence electrons. The van der Waals surface area contributed by atoms with Gasteiger partial charge in [-0.2, -0.15) is 4.31 Å². The number of ether oxygens (including phenoxy) is 2. The minimum absolute atomic E-state index is 0. The molecule has 8 nitrogen and oxygen atoms in total. The van der Waals surface area contributed by atoms with Crippen molar-refractivity contribution in [3.05, 3.63) is 29.8 Å². The van der Waals surface area contributed by atoms with E-state index >= 15 is 0 Å². The average molecular weight is 569 g/mol. The Hall–Kier alpha value is -1.11. The highest BCUT2D eigenvalue weighted by molar-refractivity contribution is 14.0. The van der Waals surface area contributed by atoms with Gasteiger partial charge in [-0.25, -0.2) is 8.42 Å². The van der Waals surface area contributed by atoms with Crippen LogP contribution in [0.5, 0.6) is 5.75 Å². The van der Waals surface area contributed by atoms with E-state index in [2.05, 4.69) is 27.3 Å². The van der Waals surface area contributed by atoms with Gasteiger partial charge in [-0.3, -0.25) is 4.99 Å². The second-order valence-corrected chi connectivity index (χ2v) is 9.64. The monoisotopic (exact) mass is 568 g/mol. The van der Waals surface area contributed by atoms with Gasteiger partial charge in [-0.15, -0.1) is 24.0 Å². The fourth-order valence-corrected chi connectivity index (χ4v) is 4.63.